The van der Waals surface area contributed by atoms with E-state index in [0.29, 0.717) is 0 Å². The smallest absolute Gasteiger partial charge is 0.141 e. The van der Waals surface area contributed by atoms with E-state index in [0.717, 1.165) is 13.0 Å². The van der Waals surface area contributed by atoms with Gasteiger partial charge in [-0.25, -0.2) is 0 Å². The second kappa shape index (κ2) is 5.15. The lowest BCUT2D eigenvalue weighted by Gasteiger charge is -2.36. The van der Waals surface area contributed by atoms with Crippen molar-refractivity contribution in [3.63, 3.8) is 0 Å². The summed E-state index contributed by atoms with van der Waals surface area (Å²) in [6, 6.07) is 17.1. The van der Waals surface area contributed by atoms with Crippen LogP contribution in [0, 0.1) is 19.3 Å². The van der Waals surface area contributed by atoms with Gasteiger partial charge in [-0.05, 0) is 36.1 Å². The number of nitrogens with zero attached hydrogens (tertiary/aromatic N) is 1. The predicted octanol–water partition coefficient (Wildman–Crippen LogP) is 3.85. The summed E-state index contributed by atoms with van der Waals surface area (Å²) < 4.78 is 6.15. The molecule has 2 aliphatic rings. The molecule has 2 aromatic rings. The maximum atomic E-state index is 6.15. The molecule has 2 aliphatic heterocycles. The normalized spacial score (nSPS) is 26.5. The first-order chi connectivity index (χ1) is 11.2. The van der Waals surface area contributed by atoms with Crippen LogP contribution in [-0.4, -0.2) is 19.9 Å². The lowest BCUT2D eigenvalue weighted by Crippen LogP contribution is -2.44. The zero-order valence-electron chi connectivity index (χ0n) is 13.6. The van der Waals surface area contributed by atoms with Crippen LogP contribution in [0.25, 0.3) is 0 Å². The maximum absolute atomic E-state index is 6.15. The minimum absolute atomic E-state index is 0.0144. The number of aryl methyl sites for hydroxylation is 1. The van der Waals surface area contributed by atoms with Crippen LogP contribution in [0.1, 0.15) is 29.0 Å². The summed E-state index contributed by atoms with van der Waals surface area (Å²) in [6.07, 6.45) is 7.06. The van der Waals surface area contributed by atoms with E-state index >= 15 is 0 Å². The number of benzene rings is 2. The molecule has 1 unspecified atom stereocenters. The fraction of sp³-hybridized carbons (Fsp3) is 0.333. The largest absolute Gasteiger partial charge is 0.357 e. The van der Waals surface area contributed by atoms with E-state index in [1.807, 2.05) is 0 Å². The van der Waals surface area contributed by atoms with Gasteiger partial charge in [0.1, 0.15) is 6.23 Å². The Balaban J connectivity index is 1.95. The molecule has 23 heavy (non-hydrogen) atoms. The summed E-state index contributed by atoms with van der Waals surface area (Å²) in [5.41, 5.74) is 4.91. The van der Waals surface area contributed by atoms with Crippen molar-refractivity contribution in [3.8, 4) is 12.3 Å². The molecule has 3 atom stereocenters. The average molecular weight is 303 g/mol. The van der Waals surface area contributed by atoms with Crippen molar-refractivity contribution in [2.24, 2.45) is 0 Å². The number of rotatable bonds is 2. The van der Waals surface area contributed by atoms with Crippen LogP contribution in [0.4, 0.5) is 5.69 Å². The van der Waals surface area contributed by atoms with Crippen molar-refractivity contribution in [1.29, 1.82) is 0 Å². The number of likely N-dealkylation sites (N-methyl/N-ethyl adjacent to an activating group) is 1. The Kier molecular flexibility index (Phi) is 3.21. The number of hydrogen-bond donors (Lipinski definition) is 0. The molecule has 1 fully saturated rings. The average Bonchev–Trinajstić information content (AvgIpc) is 3.10. The standard InChI is InChI=1S/C21H21NO/c1-4-17(16-10-6-5-9-15(16)2)21-13-14-23-20(21)22(3)19-12-8-7-11-18(19)21/h1,5-12,17,20H,13-14H2,2-3H3/t17?,20-,21+/m0/s1. The van der Waals surface area contributed by atoms with Crippen molar-refractivity contribution < 1.29 is 4.74 Å². The molecule has 0 spiro atoms. The van der Waals surface area contributed by atoms with Crippen LogP contribution in [0.3, 0.4) is 0 Å². The molecule has 1 saturated heterocycles. The van der Waals surface area contributed by atoms with Crippen LogP contribution in [0.5, 0.6) is 0 Å². The highest BCUT2D eigenvalue weighted by Gasteiger charge is 2.58. The summed E-state index contributed by atoms with van der Waals surface area (Å²) in [4.78, 5) is 2.25. The third-order valence-electron chi connectivity index (χ3n) is 5.55. The molecular formula is C21H21NO. The van der Waals surface area contributed by atoms with Crippen LogP contribution >= 0.6 is 0 Å². The monoisotopic (exact) mass is 303 g/mol. The minimum Gasteiger partial charge on any atom is -0.357 e. The zero-order chi connectivity index (χ0) is 16.0. The first-order valence-corrected chi connectivity index (χ1v) is 8.16. The van der Waals surface area contributed by atoms with Crippen LogP contribution in [0.2, 0.25) is 0 Å². The number of ether oxygens (including phenoxy) is 1. The van der Waals surface area contributed by atoms with Crippen LogP contribution in [-0.2, 0) is 10.2 Å². The highest BCUT2D eigenvalue weighted by Crippen LogP contribution is 2.57. The van der Waals surface area contributed by atoms with Crippen LogP contribution in [0.15, 0.2) is 48.5 Å². The number of hydrogen-bond acceptors (Lipinski definition) is 2. The first kappa shape index (κ1) is 14.4. The topological polar surface area (TPSA) is 12.5 Å². The van der Waals surface area contributed by atoms with Gasteiger partial charge in [0, 0.05) is 12.7 Å². The minimum atomic E-state index is -0.161. The van der Waals surface area contributed by atoms with Crippen LogP contribution < -0.4 is 4.90 Å². The van der Waals surface area contributed by atoms with Gasteiger partial charge < -0.3 is 9.64 Å². The predicted molar refractivity (Wildman–Crippen MR) is 93.6 cm³/mol. The molecule has 4 rings (SSSR count). The quantitative estimate of drug-likeness (QED) is 0.782. The Labute approximate surface area is 138 Å². The molecule has 2 heteroatoms. The number of terminal acetylenes is 1. The molecule has 0 radical (unpaired) electrons. The molecule has 0 bridgehead atoms. The molecule has 2 aromatic carbocycles. The molecule has 0 amide bonds. The number of para-hydroxylation sites is 1. The molecule has 0 aliphatic carbocycles. The number of fused-ring (bicyclic) bond motifs is 3. The molecular weight excluding hydrogens is 282 g/mol. The van der Waals surface area contributed by atoms with E-state index in [4.69, 9.17) is 11.2 Å². The fourth-order valence-electron chi connectivity index (χ4n) is 4.51. The molecule has 0 saturated carbocycles. The van der Waals surface area contributed by atoms with Crippen molar-refractivity contribution >= 4 is 5.69 Å². The summed E-state index contributed by atoms with van der Waals surface area (Å²) in [5, 5.41) is 0. The highest BCUT2D eigenvalue weighted by molar-refractivity contribution is 5.66. The lowest BCUT2D eigenvalue weighted by molar-refractivity contribution is 0.0843. The third kappa shape index (κ3) is 1.81. The summed E-state index contributed by atoms with van der Waals surface area (Å²) in [6.45, 7) is 2.90. The SMILES string of the molecule is C#CC(c1ccccc1C)[C@@]12CCO[C@@H]1N(C)c1ccccc12. The summed E-state index contributed by atoms with van der Waals surface area (Å²) >= 11 is 0. The van der Waals surface area contributed by atoms with Crippen molar-refractivity contribution in [2.45, 2.75) is 30.9 Å². The van der Waals surface area contributed by atoms with Gasteiger partial charge >= 0.3 is 0 Å². The van der Waals surface area contributed by atoms with E-state index in [-0.39, 0.29) is 17.6 Å². The third-order valence-corrected chi connectivity index (χ3v) is 5.55. The molecule has 116 valence electrons. The van der Waals surface area contributed by atoms with Gasteiger partial charge in [-0.2, -0.15) is 0 Å². The van der Waals surface area contributed by atoms with Crippen molar-refractivity contribution in [3.05, 3.63) is 65.2 Å². The molecule has 2 nitrogen and oxygen atoms in total. The Hall–Kier alpha value is -2.24. The van der Waals surface area contributed by atoms with Crippen molar-refractivity contribution in [1.82, 2.24) is 0 Å². The van der Waals surface area contributed by atoms with Gasteiger partial charge in [-0.1, -0.05) is 48.4 Å². The second-order valence-corrected chi connectivity index (χ2v) is 6.60. The second-order valence-electron chi connectivity index (χ2n) is 6.60. The van der Waals surface area contributed by atoms with E-state index in [1.165, 1.54) is 22.4 Å². The van der Waals surface area contributed by atoms with Gasteiger partial charge in [0.05, 0.1) is 17.9 Å². The summed E-state index contributed by atoms with van der Waals surface area (Å²) in [7, 11) is 2.11. The van der Waals surface area contributed by atoms with Gasteiger partial charge in [0.15, 0.2) is 0 Å². The Bertz CT molecular complexity index is 790. The van der Waals surface area contributed by atoms with E-state index in [1.54, 1.807) is 0 Å². The number of anilines is 1. The zero-order valence-corrected chi connectivity index (χ0v) is 13.6. The van der Waals surface area contributed by atoms with Gasteiger partial charge in [-0.15, -0.1) is 6.42 Å². The fourth-order valence-corrected chi connectivity index (χ4v) is 4.51. The Morgan fingerprint density at radius 1 is 1.22 bits per heavy atom. The highest BCUT2D eigenvalue weighted by atomic mass is 16.5. The Morgan fingerprint density at radius 3 is 2.74 bits per heavy atom. The van der Waals surface area contributed by atoms with E-state index in [9.17, 15) is 0 Å². The maximum Gasteiger partial charge on any atom is 0.141 e. The van der Waals surface area contributed by atoms with E-state index in [2.05, 4.69) is 73.3 Å². The van der Waals surface area contributed by atoms with Gasteiger partial charge in [0.25, 0.3) is 0 Å². The molecule has 0 N–H and O–H groups in total. The first-order valence-electron chi connectivity index (χ1n) is 8.16. The summed E-state index contributed by atoms with van der Waals surface area (Å²) in [5.74, 6) is 3.13. The molecule has 0 aromatic heterocycles. The Morgan fingerprint density at radius 2 is 1.96 bits per heavy atom. The lowest BCUT2D eigenvalue weighted by atomic mass is 9.66. The van der Waals surface area contributed by atoms with E-state index < -0.39 is 0 Å². The van der Waals surface area contributed by atoms with Crippen molar-refractivity contribution in [2.75, 3.05) is 18.6 Å². The molecule has 2 heterocycles. The van der Waals surface area contributed by atoms with Gasteiger partial charge in [-0.3, -0.25) is 0 Å². The van der Waals surface area contributed by atoms with Gasteiger partial charge in [0.2, 0.25) is 0 Å².